The van der Waals surface area contributed by atoms with Gasteiger partial charge in [-0.15, -0.1) is 0 Å². The Bertz CT molecular complexity index is 806. The highest BCUT2D eigenvalue weighted by atomic mass is 32.2. The van der Waals surface area contributed by atoms with Gasteiger partial charge in [-0.05, 0) is 36.2 Å². The van der Waals surface area contributed by atoms with Gasteiger partial charge in [0.25, 0.3) is 0 Å². The van der Waals surface area contributed by atoms with Crippen LogP contribution in [0.25, 0.3) is 0 Å². The lowest BCUT2D eigenvalue weighted by atomic mass is 10.1. The lowest BCUT2D eigenvalue weighted by Crippen LogP contribution is -2.30. The molecule has 1 aromatic carbocycles. The Morgan fingerprint density at radius 2 is 1.96 bits per heavy atom. The van der Waals surface area contributed by atoms with Crippen LogP contribution in [0.5, 0.6) is 5.88 Å². The molecule has 0 atom stereocenters. The summed E-state index contributed by atoms with van der Waals surface area (Å²) in [5.41, 5.74) is 1.34. The lowest BCUT2D eigenvalue weighted by molar-refractivity contribution is 0.252. The Kier molecular flexibility index (Phi) is 5.72. The zero-order chi connectivity index (χ0) is 17.6. The number of hydrogen-bond donors (Lipinski definition) is 3. The molecule has 128 valence electrons. The van der Waals surface area contributed by atoms with Gasteiger partial charge in [-0.3, -0.25) is 0 Å². The fourth-order valence-corrected chi connectivity index (χ4v) is 2.50. The van der Waals surface area contributed by atoms with E-state index >= 15 is 0 Å². The van der Waals surface area contributed by atoms with E-state index in [1.54, 1.807) is 30.5 Å². The van der Waals surface area contributed by atoms with Gasteiger partial charge in [0.2, 0.25) is 15.9 Å². The highest BCUT2D eigenvalue weighted by Gasteiger charge is 2.08. The molecule has 0 aliphatic heterocycles. The van der Waals surface area contributed by atoms with Gasteiger partial charge in [0, 0.05) is 12.7 Å². The highest BCUT2D eigenvalue weighted by molar-refractivity contribution is 7.89. The lowest BCUT2D eigenvalue weighted by Gasteiger charge is -2.10. The molecule has 9 heteroatoms. The third-order valence-electron chi connectivity index (χ3n) is 3.16. The summed E-state index contributed by atoms with van der Waals surface area (Å²) < 4.78 is 27.4. The van der Waals surface area contributed by atoms with Crippen LogP contribution in [0.3, 0.4) is 0 Å². The molecule has 0 fully saturated rings. The van der Waals surface area contributed by atoms with Crippen LogP contribution in [-0.2, 0) is 16.4 Å². The monoisotopic (exact) mass is 350 g/mol. The van der Waals surface area contributed by atoms with Crippen LogP contribution < -0.4 is 20.5 Å². The number of primary sulfonamides is 1. The number of aromatic nitrogens is 1. The number of nitrogens with one attached hydrogen (secondary N) is 2. The zero-order valence-corrected chi connectivity index (χ0v) is 13.8. The minimum absolute atomic E-state index is 0.0561. The second kappa shape index (κ2) is 7.75. The number of rotatable bonds is 6. The van der Waals surface area contributed by atoms with Crippen LogP contribution in [0.2, 0.25) is 0 Å². The Labute approximate surface area is 140 Å². The molecule has 1 aromatic heterocycles. The summed E-state index contributed by atoms with van der Waals surface area (Å²) in [7, 11) is -2.22. The van der Waals surface area contributed by atoms with E-state index in [1.807, 2.05) is 0 Å². The maximum Gasteiger partial charge on any atom is 0.319 e. The molecule has 1 heterocycles. The minimum Gasteiger partial charge on any atom is -0.480 e. The van der Waals surface area contributed by atoms with Crippen molar-refractivity contribution in [3.8, 4) is 5.88 Å². The minimum atomic E-state index is -3.69. The highest BCUT2D eigenvalue weighted by Crippen LogP contribution is 2.19. The van der Waals surface area contributed by atoms with Crippen molar-refractivity contribution >= 4 is 21.7 Å². The van der Waals surface area contributed by atoms with Crippen LogP contribution in [0.1, 0.15) is 5.56 Å². The van der Waals surface area contributed by atoms with E-state index in [0.717, 1.165) is 5.56 Å². The first-order valence-electron chi connectivity index (χ1n) is 7.06. The van der Waals surface area contributed by atoms with Crippen molar-refractivity contribution in [3.05, 3.63) is 48.2 Å². The van der Waals surface area contributed by atoms with Gasteiger partial charge in [-0.25, -0.2) is 23.3 Å². The summed E-state index contributed by atoms with van der Waals surface area (Å²) in [6.07, 6.45) is 2.11. The molecule has 2 rings (SSSR count). The number of carbonyl (C=O) groups is 1. The summed E-state index contributed by atoms with van der Waals surface area (Å²) >= 11 is 0. The second-order valence-electron chi connectivity index (χ2n) is 4.88. The number of hydrogen-bond acceptors (Lipinski definition) is 5. The molecular formula is C15H18N4O4S. The molecule has 0 spiro atoms. The largest absolute Gasteiger partial charge is 0.480 e. The summed E-state index contributed by atoms with van der Waals surface area (Å²) in [4.78, 5) is 15.9. The molecule has 24 heavy (non-hydrogen) atoms. The summed E-state index contributed by atoms with van der Waals surface area (Å²) in [6, 6.07) is 9.16. The molecule has 2 aromatic rings. The van der Waals surface area contributed by atoms with Crippen LogP contribution >= 0.6 is 0 Å². The fourth-order valence-electron chi connectivity index (χ4n) is 1.98. The smallest absolute Gasteiger partial charge is 0.319 e. The molecule has 0 radical (unpaired) electrons. The van der Waals surface area contributed by atoms with E-state index in [1.165, 1.54) is 19.2 Å². The van der Waals surface area contributed by atoms with Crippen molar-refractivity contribution in [1.82, 2.24) is 10.3 Å². The van der Waals surface area contributed by atoms with Gasteiger partial charge < -0.3 is 15.4 Å². The average Bonchev–Trinajstić information content (AvgIpc) is 2.55. The Hall–Kier alpha value is -2.65. The SMILES string of the molecule is COc1ncccc1NC(=O)NCCc1ccc(S(N)(=O)=O)cc1. The maximum atomic E-state index is 11.9. The maximum absolute atomic E-state index is 11.9. The number of nitrogens with zero attached hydrogens (tertiary/aromatic N) is 1. The first-order valence-corrected chi connectivity index (χ1v) is 8.60. The Morgan fingerprint density at radius 1 is 1.25 bits per heavy atom. The molecule has 4 N–H and O–H groups in total. The molecule has 0 bridgehead atoms. The zero-order valence-electron chi connectivity index (χ0n) is 13.0. The van der Waals surface area contributed by atoms with Gasteiger partial charge in [0.15, 0.2) is 0 Å². The van der Waals surface area contributed by atoms with Crippen LogP contribution in [0, 0.1) is 0 Å². The fraction of sp³-hybridized carbons (Fsp3) is 0.200. The topological polar surface area (TPSA) is 123 Å². The van der Waals surface area contributed by atoms with Gasteiger partial charge in [0.05, 0.1) is 12.0 Å². The Balaban J connectivity index is 1.84. The number of pyridine rings is 1. The third-order valence-corrected chi connectivity index (χ3v) is 4.09. The predicted molar refractivity (Wildman–Crippen MR) is 89.3 cm³/mol. The summed E-state index contributed by atoms with van der Waals surface area (Å²) in [5, 5.41) is 10.4. The van der Waals surface area contributed by atoms with Crippen molar-refractivity contribution in [2.45, 2.75) is 11.3 Å². The molecule has 0 saturated heterocycles. The molecule has 0 aliphatic rings. The summed E-state index contributed by atoms with van der Waals surface area (Å²) in [5.74, 6) is 0.325. The van der Waals surface area contributed by atoms with E-state index in [0.29, 0.717) is 24.5 Å². The normalized spacial score (nSPS) is 10.9. The molecule has 0 unspecified atom stereocenters. The first-order chi connectivity index (χ1) is 11.4. The van der Waals surface area contributed by atoms with Crippen molar-refractivity contribution in [3.63, 3.8) is 0 Å². The van der Waals surface area contributed by atoms with E-state index in [-0.39, 0.29) is 10.9 Å². The van der Waals surface area contributed by atoms with Crippen molar-refractivity contribution in [2.75, 3.05) is 19.0 Å². The molecule has 0 aliphatic carbocycles. The molecule has 2 amide bonds. The van der Waals surface area contributed by atoms with Crippen molar-refractivity contribution in [1.29, 1.82) is 0 Å². The number of benzene rings is 1. The van der Waals surface area contributed by atoms with Gasteiger partial charge in [0.1, 0.15) is 5.69 Å². The number of amides is 2. The van der Waals surface area contributed by atoms with E-state index < -0.39 is 10.0 Å². The molecule has 8 nitrogen and oxygen atoms in total. The summed E-state index contributed by atoms with van der Waals surface area (Å²) in [6.45, 7) is 0.378. The number of methoxy groups -OCH3 is 1. The number of ether oxygens (including phenoxy) is 1. The van der Waals surface area contributed by atoms with Gasteiger partial charge in [-0.2, -0.15) is 0 Å². The van der Waals surface area contributed by atoms with E-state index in [9.17, 15) is 13.2 Å². The van der Waals surface area contributed by atoms with Crippen molar-refractivity contribution in [2.24, 2.45) is 5.14 Å². The predicted octanol–water partition coefficient (Wildman–Crippen LogP) is 1.10. The van der Waals surface area contributed by atoms with Gasteiger partial charge >= 0.3 is 6.03 Å². The molecular weight excluding hydrogens is 332 g/mol. The average molecular weight is 350 g/mol. The van der Waals surface area contributed by atoms with E-state index in [2.05, 4.69) is 15.6 Å². The number of nitrogens with two attached hydrogens (primary N) is 1. The van der Waals surface area contributed by atoms with Crippen LogP contribution in [0.15, 0.2) is 47.5 Å². The van der Waals surface area contributed by atoms with Gasteiger partial charge in [-0.1, -0.05) is 12.1 Å². The third kappa shape index (κ3) is 4.93. The van der Waals surface area contributed by atoms with Crippen LogP contribution in [-0.4, -0.2) is 33.1 Å². The van der Waals surface area contributed by atoms with E-state index in [4.69, 9.17) is 9.88 Å². The second-order valence-corrected chi connectivity index (χ2v) is 6.44. The quantitative estimate of drug-likeness (QED) is 0.720. The number of anilines is 1. The first kappa shape index (κ1) is 17.7. The molecule has 0 saturated carbocycles. The number of carbonyl (C=O) groups excluding carboxylic acids is 1. The van der Waals surface area contributed by atoms with Crippen LogP contribution in [0.4, 0.5) is 10.5 Å². The number of sulfonamides is 1. The van der Waals surface area contributed by atoms with Crippen molar-refractivity contribution < 1.29 is 17.9 Å². The number of urea groups is 1. The Morgan fingerprint density at radius 3 is 2.58 bits per heavy atom. The standard InChI is InChI=1S/C15H18N4O4S/c1-23-14-13(3-2-9-17-14)19-15(20)18-10-8-11-4-6-12(7-5-11)24(16,21)22/h2-7,9H,8,10H2,1H3,(H2,16,21,22)(H2,18,19,20).